The molecule has 1 fully saturated rings. The summed E-state index contributed by atoms with van der Waals surface area (Å²) in [5.41, 5.74) is 1.26. The number of hydrogen-bond acceptors (Lipinski definition) is 2. The predicted octanol–water partition coefficient (Wildman–Crippen LogP) is 2.90. The molecule has 2 nitrogen and oxygen atoms in total. The SMILES string of the molecule is CCO[C@@H]1CC[C@@H](c2ccccc2)O1. The molecule has 0 aliphatic carbocycles. The van der Waals surface area contributed by atoms with E-state index in [1.54, 1.807) is 0 Å². The fourth-order valence-electron chi connectivity index (χ4n) is 1.83. The van der Waals surface area contributed by atoms with Crippen LogP contribution in [0.5, 0.6) is 0 Å². The lowest BCUT2D eigenvalue weighted by molar-refractivity contribution is -0.131. The lowest BCUT2D eigenvalue weighted by Crippen LogP contribution is -2.10. The van der Waals surface area contributed by atoms with E-state index in [0.29, 0.717) is 0 Å². The average Bonchev–Trinajstić information content (AvgIpc) is 2.68. The Morgan fingerprint density at radius 1 is 1.29 bits per heavy atom. The van der Waals surface area contributed by atoms with Crippen molar-refractivity contribution in [2.75, 3.05) is 6.61 Å². The van der Waals surface area contributed by atoms with Crippen molar-refractivity contribution >= 4 is 0 Å². The Kier molecular flexibility index (Phi) is 3.17. The summed E-state index contributed by atoms with van der Waals surface area (Å²) in [6, 6.07) is 10.3. The predicted molar refractivity (Wildman–Crippen MR) is 54.9 cm³/mol. The van der Waals surface area contributed by atoms with Crippen LogP contribution >= 0.6 is 0 Å². The fraction of sp³-hybridized carbons (Fsp3) is 0.500. The maximum absolute atomic E-state index is 5.77. The van der Waals surface area contributed by atoms with Crippen molar-refractivity contribution in [3.8, 4) is 0 Å². The molecule has 14 heavy (non-hydrogen) atoms. The highest BCUT2D eigenvalue weighted by atomic mass is 16.7. The minimum atomic E-state index is 0.00482. The molecule has 0 radical (unpaired) electrons. The first kappa shape index (κ1) is 9.69. The molecule has 0 amide bonds. The second-order valence-corrected chi connectivity index (χ2v) is 3.50. The van der Waals surface area contributed by atoms with Crippen molar-refractivity contribution in [1.29, 1.82) is 0 Å². The standard InChI is InChI=1S/C12H16O2/c1-2-13-12-9-8-11(14-12)10-6-4-3-5-7-10/h3-7,11-12H,2,8-9H2,1H3/t11-,12-/m0/s1. The third-order valence-electron chi connectivity index (χ3n) is 2.50. The number of hydrogen-bond donors (Lipinski definition) is 0. The summed E-state index contributed by atoms with van der Waals surface area (Å²) in [4.78, 5) is 0. The highest BCUT2D eigenvalue weighted by Gasteiger charge is 2.26. The Morgan fingerprint density at radius 2 is 2.07 bits per heavy atom. The van der Waals surface area contributed by atoms with E-state index < -0.39 is 0 Å². The van der Waals surface area contributed by atoms with Gasteiger partial charge in [-0.2, -0.15) is 0 Å². The lowest BCUT2D eigenvalue weighted by atomic mass is 10.1. The summed E-state index contributed by atoms with van der Waals surface area (Å²) in [6.07, 6.45) is 2.31. The van der Waals surface area contributed by atoms with Gasteiger partial charge in [-0.3, -0.25) is 0 Å². The summed E-state index contributed by atoms with van der Waals surface area (Å²) < 4.78 is 11.2. The number of benzene rings is 1. The molecule has 0 saturated carbocycles. The molecule has 2 heteroatoms. The van der Waals surface area contributed by atoms with Crippen LogP contribution in [0.15, 0.2) is 30.3 Å². The van der Waals surface area contributed by atoms with Crippen LogP contribution in [0.2, 0.25) is 0 Å². The van der Waals surface area contributed by atoms with E-state index in [2.05, 4.69) is 12.1 Å². The molecule has 0 spiro atoms. The van der Waals surface area contributed by atoms with Crippen LogP contribution < -0.4 is 0 Å². The van der Waals surface area contributed by atoms with Crippen molar-refractivity contribution in [3.05, 3.63) is 35.9 Å². The van der Waals surface area contributed by atoms with Gasteiger partial charge in [-0.25, -0.2) is 0 Å². The normalized spacial score (nSPS) is 26.6. The van der Waals surface area contributed by atoms with Crippen molar-refractivity contribution in [2.45, 2.75) is 32.2 Å². The van der Waals surface area contributed by atoms with E-state index in [1.807, 2.05) is 25.1 Å². The van der Waals surface area contributed by atoms with Gasteiger partial charge in [0, 0.05) is 13.0 Å². The molecule has 2 rings (SSSR count). The molecule has 1 aromatic carbocycles. The molecule has 2 atom stereocenters. The van der Waals surface area contributed by atoms with E-state index in [4.69, 9.17) is 9.47 Å². The summed E-state index contributed by atoms with van der Waals surface area (Å²) in [7, 11) is 0. The monoisotopic (exact) mass is 192 g/mol. The quantitative estimate of drug-likeness (QED) is 0.733. The van der Waals surface area contributed by atoms with E-state index in [-0.39, 0.29) is 12.4 Å². The molecule has 1 saturated heterocycles. The van der Waals surface area contributed by atoms with E-state index in [0.717, 1.165) is 19.4 Å². The van der Waals surface area contributed by atoms with Crippen molar-refractivity contribution in [1.82, 2.24) is 0 Å². The van der Waals surface area contributed by atoms with Gasteiger partial charge in [0.15, 0.2) is 6.29 Å². The molecule has 1 aliphatic rings. The van der Waals surface area contributed by atoms with Crippen LogP contribution in [-0.4, -0.2) is 12.9 Å². The van der Waals surface area contributed by atoms with Gasteiger partial charge in [-0.05, 0) is 18.9 Å². The highest BCUT2D eigenvalue weighted by molar-refractivity contribution is 5.18. The lowest BCUT2D eigenvalue weighted by Gasteiger charge is -2.13. The molecule has 76 valence electrons. The second kappa shape index (κ2) is 4.58. The van der Waals surface area contributed by atoms with Crippen LogP contribution in [0.25, 0.3) is 0 Å². The molecule has 0 unspecified atom stereocenters. The van der Waals surface area contributed by atoms with Crippen molar-refractivity contribution in [2.24, 2.45) is 0 Å². The summed E-state index contributed by atoms with van der Waals surface area (Å²) in [5.74, 6) is 0. The zero-order valence-electron chi connectivity index (χ0n) is 8.48. The molecular formula is C12H16O2. The van der Waals surface area contributed by atoms with Gasteiger partial charge in [0.1, 0.15) is 0 Å². The van der Waals surface area contributed by atoms with Crippen molar-refractivity contribution < 1.29 is 9.47 Å². The fourth-order valence-corrected chi connectivity index (χ4v) is 1.83. The maximum Gasteiger partial charge on any atom is 0.158 e. The summed E-state index contributed by atoms with van der Waals surface area (Å²) in [6.45, 7) is 2.73. The van der Waals surface area contributed by atoms with Gasteiger partial charge in [0.05, 0.1) is 6.10 Å². The topological polar surface area (TPSA) is 18.5 Å². The third-order valence-corrected chi connectivity index (χ3v) is 2.50. The smallest absolute Gasteiger partial charge is 0.158 e. The first-order valence-electron chi connectivity index (χ1n) is 5.22. The van der Waals surface area contributed by atoms with E-state index >= 15 is 0 Å². The second-order valence-electron chi connectivity index (χ2n) is 3.50. The Morgan fingerprint density at radius 3 is 2.79 bits per heavy atom. The molecule has 1 aromatic rings. The number of rotatable bonds is 3. The Labute approximate surface area is 84.8 Å². The molecule has 0 bridgehead atoms. The van der Waals surface area contributed by atoms with Gasteiger partial charge < -0.3 is 9.47 Å². The number of ether oxygens (including phenoxy) is 2. The average molecular weight is 192 g/mol. The van der Waals surface area contributed by atoms with Crippen LogP contribution in [0.1, 0.15) is 31.4 Å². The van der Waals surface area contributed by atoms with Crippen LogP contribution in [0.3, 0.4) is 0 Å². The summed E-state index contributed by atoms with van der Waals surface area (Å²) >= 11 is 0. The van der Waals surface area contributed by atoms with Gasteiger partial charge in [-0.1, -0.05) is 30.3 Å². The zero-order chi connectivity index (χ0) is 9.80. The molecule has 0 aromatic heterocycles. The van der Waals surface area contributed by atoms with Gasteiger partial charge in [-0.15, -0.1) is 0 Å². The van der Waals surface area contributed by atoms with Crippen molar-refractivity contribution in [3.63, 3.8) is 0 Å². The van der Waals surface area contributed by atoms with Gasteiger partial charge in [0.2, 0.25) is 0 Å². The molecule has 1 heterocycles. The molecule has 0 N–H and O–H groups in total. The molecule has 1 aliphatic heterocycles. The van der Waals surface area contributed by atoms with Crippen LogP contribution in [0, 0.1) is 0 Å². The minimum Gasteiger partial charge on any atom is -0.353 e. The van der Waals surface area contributed by atoms with E-state index in [9.17, 15) is 0 Å². The third kappa shape index (κ3) is 2.14. The first-order chi connectivity index (χ1) is 6.90. The Balaban J connectivity index is 1.96. The summed E-state index contributed by atoms with van der Waals surface area (Å²) in [5, 5.41) is 0. The Hall–Kier alpha value is -0.860. The van der Waals surface area contributed by atoms with Crippen LogP contribution in [-0.2, 0) is 9.47 Å². The zero-order valence-corrected chi connectivity index (χ0v) is 8.48. The maximum atomic E-state index is 5.77. The van der Waals surface area contributed by atoms with E-state index in [1.165, 1.54) is 5.56 Å². The largest absolute Gasteiger partial charge is 0.353 e. The minimum absolute atomic E-state index is 0.00482. The highest BCUT2D eigenvalue weighted by Crippen LogP contribution is 2.32. The van der Waals surface area contributed by atoms with Gasteiger partial charge >= 0.3 is 0 Å². The Bertz CT molecular complexity index is 271. The van der Waals surface area contributed by atoms with Crippen LogP contribution in [0.4, 0.5) is 0 Å². The molecular weight excluding hydrogens is 176 g/mol. The first-order valence-corrected chi connectivity index (χ1v) is 5.22. The van der Waals surface area contributed by atoms with Gasteiger partial charge in [0.25, 0.3) is 0 Å².